The quantitative estimate of drug-likeness (QED) is 0.590. The third kappa shape index (κ3) is 1.71. The van der Waals surface area contributed by atoms with E-state index in [0.717, 1.165) is 11.6 Å². The highest BCUT2D eigenvalue weighted by Crippen LogP contribution is 2.31. The Kier molecular flexibility index (Phi) is 2.65. The minimum atomic E-state index is -0.428. The van der Waals surface area contributed by atoms with Gasteiger partial charge in [0.25, 0.3) is 0 Å². The second-order valence-corrected chi connectivity index (χ2v) is 4.72. The van der Waals surface area contributed by atoms with Crippen LogP contribution in [0.5, 0.6) is 11.5 Å². The number of aromatic hydroxyl groups is 2. The van der Waals surface area contributed by atoms with E-state index in [0.29, 0.717) is 11.1 Å². The highest BCUT2D eigenvalue weighted by atomic mass is 16.3. The average molecular weight is 272 g/mol. The normalized spacial score (nSPS) is 11.3. The van der Waals surface area contributed by atoms with Crippen LogP contribution in [-0.4, -0.2) is 15.3 Å². The molecule has 0 saturated heterocycles. The lowest BCUT2D eigenvalue weighted by Gasteiger charge is -2.08. The molecule has 5 heteroatoms. The smallest absolute Gasteiger partial charge is 0.204 e. The Hall–Kier alpha value is -2.53. The average Bonchev–Trinajstić information content (AvgIpc) is 2.36. The van der Waals surface area contributed by atoms with Crippen molar-refractivity contribution < 1.29 is 19.7 Å². The summed E-state index contributed by atoms with van der Waals surface area (Å²) in [6.45, 7) is 1.52. The summed E-state index contributed by atoms with van der Waals surface area (Å²) in [4.78, 5) is 12.5. The Balaban J connectivity index is 2.61. The minimum Gasteiger partial charge on any atom is -0.508 e. The molecular weight excluding hydrogens is 260 g/mol. The fourth-order valence-corrected chi connectivity index (χ4v) is 2.43. The van der Waals surface area contributed by atoms with Gasteiger partial charge in [-0.25, -0.2) is 0 Å². The maximum Gasteiger partial charge on any atom is 0.204 e. The Morgan fingerprint density at radius 1 is 1.05 bits per heavy atom. The third-order valence-corrected chi connectivity index (χ3v) is 3.24. The number of aliphatic hydroxyl groups excluding tert-OH is 1. The van der Waals surface area contributed by atoms with Crippen molar-refractivity contribution >= 4 is 21.9 Å². The molecule has 0 saturated carbocycles. The SMILES string of the molecule is Cc1cc(CO)c2c(=O)c3c(O)cc(O)cc3oc2c1. The number of aliphatic hydroxyl groups is 1. The molecule has 0 aliphatic rings. The first-order valence-corrected chi connectivity index (χ1v) is 6.04. The van der Waals surface area contributed by atoms with E-state index in [1.165, 1.54) is 6.07 Å². The predicted octanol–water partition coefficient (Wildman–Crippen LogP) is 2.16. The first-order valence-electron chi connectivity index (χ1n) is 6.04. The summed E-state index contributed by atoms with van der Waals surface area (Å²) < 4.78 is 5.58. The lowest BCUT2D eigenvalue weighted by molar-refractivity contribution is 0.283. The summed E-state index contributed by atoms with van der Waals surface area (Å²) >= 11 is 0. The van der Waals surface area contributed by atoms with Gasteiger partial charge in [-0.1, -0.05) is 6.07 Å². The van der Waals surface area contributed by atoms with Crippen LogP contribution in [0.4, 0.5) is 0 Å². The Bertz CT molecular complexity index is 892. The lowest BCUT2D eigenvalue weighted by Crippen LogP contribution is -2.06. The van der Waals surface area contributed by atoms with Crippen molar-refractivity contribution in [1.82, 2.24) is 0 Å². The van der Waals surface area contributed by atoms with Crippen LogP contribution in [0.2, 0.25) is 0 Å². The van der Waals surface area contributed by atoms with E-state index in [2.05, 4.69) is 0 Å². The molecule has 0 aliphatic carbocycles. The van der Waals surface area contributed by atoms with Crippen LogP contribution < -0.4 is 5.43 Å². The van der Waals surface area contributed by atoms with Gasteiger partial charge in [0.05, 0.1) is 12.0 Å². The highest BCUT2D eigenvalue weighted by molar-refractivity contribution is 5.95. The molecule has 3 rings (SSSR count). The molecule has 0 atom stereocenters. The topological polar surface area (TPSA) is 90.9 Å². The lowest BCUT2D eigenvalue weighted by atomic mass is 10.0. The number of phenolic OH excluding ortho intramolecular Hbond substituents is 2. The van der Waals surface area contributed by atoms with Gasteiger partial charge in [0.15, 0.2) is 0 Å². The molecule has 20 heavy (non-hydrogen) atoms. The zero-order valence-electron chi connectivity index (χ0n) is 10.7. The standard InChI is InChI=1S/C15H12O5/c1-7-2-8(6-16)13-11(3-7)20-12-5-9(17)4-10(18)14(12)15(13)19/h2-5,16-18H,6H2,1H3. The summed E-state index contributed by atoms with van der Waals surface area (Å²) in [7, 11) is 0. The van der Waals surface area contributed by atoms with Gasteiger partial charge < -0.3 is 19.7 Å². The Morgan fingerprint density at radius 2 is 1.75 bits per heavy atom. The maximum atomic E-state index is 12.5. The van der Waals surface area contributed by atoms with Gasteiger partial charge in [0.1, 0.15) is 28.1 Å². The van der Waals surface area contributed by atoms with Gasteiger partial charge in [-0.3, -0.25) is 4.79 Å². The summed E-state index contributed by atoms with van der Waals surface area (Å²) in [6.07, 6.45) is 0. The second-order valence-electron chi connectivity index (χ2n) is 4.72. The number of hydrogen-bond donors (Lipinski definition) is 3. The fraction of sp³-hybridized carbons (Fsp3) is 0.133. The van der Waals surface area contributed by atoms with Gasteiger partial charge in [0.2, 0.25) is 5.43 Å². The summed E-state index contributed by atoms with van der Waals surface area (Å²) in [5.41, 5.74) is 1.28. The van der Waals surface area contributed by atoms with E-state index in [9.17, 15) is 20.1 Å². The van der Waals surface area contributed by atoms with Gasteiger partial charge >= 0.3 is 0 Å². The van der Waals surface area contributed by atoms with Crippen molar-refractivity contribution in [1.29, 1.82) is 0 Å². The molecule has 3 aromatic rings. The summed E-state index contributed by atoms with van der Waals surface area (Å²) in [5.74, 6) is -0.535. The third-order valence-electron chi connectivity index (χ3n) is 3.24. The number of rotatable bonds is 1. The molecule has 0 bridgehead atoms. The molecule has 0 amide bonds. The van der Waals surface area contributed by atoms with E-state index in [1.807, 2.05) is 6.92 Å². The van der Waals surface area contributed by atoms with Gasteiger partial charge in [-0.15, -0.1) is 0 Å². The van der Waals surface area contributed by atoms with E-state index in [1.54, 1.807) is 12.1 Å². The maximum absolute atomic E-state index is 12.5. The van der Waals surface area contributed by atoms with Crippen molar-refractivity contribution in [3.05, 3.63) is 45.6 Å². The first kappa shape index (κ1) is 12.5. The van der Waals surface area contributed by atoms with Gasteiger partial charge in [-0.2, -0.15) is 0 Å². The highest BCUT2D eigenvalue weighted by Gasteiger charge is 2.15. The van der Waals surface area contributed by atoms with E-state index < -0.39 is 5.43 Å². The molecule has 0 fully saturated rings. The van der Waals surface area contributed by atoms with Gasteiger partial charge in [-0.05, 0) is 24.1 Å². The minimum absolute atomic E-state index is 0.00569. The first-order chi connectivity index (χ1) is 9.51. The van der Waals surface area contributed by atoms with Crippen molar-refractivity contribution in [3.8, 4) is 11.5 Å². The van der Waals surface area contributed by atoms with Crippen LogP contribution in [0.1, 0.15) is 11.1 Å². The molecule has 0 unspecified atom stereocenters. The van der Waals surface area contributed by atoms with Crippen LogP contribution in [0.15, 0.2) is 33.5 Å². The van der Waals surface area contributed by atoms with Crippen LogP contribution in [0.25, 0.3) is 21.9 Å². The number of hydrogen-bond acceptors (Lipinski definition) is 5. The number of phenols is 2. The Labute approximate surface area is 113 Å². The van der Waals surface area contributed by atoms with Crippen LogP contribution in [0.3, 0.4) is 0 Å². The molecule has 3 N–H and O–H groups in total. The van der Waals surface area contributed by atoms with Gasteiger partial charge in [0, 0.05) is 12.1 Å². The van der Waals surface area contributed by atoms with Crippen molar-refractivity contribution in [2.75, 3.05) is 0 Å². The Morgan fingerprint density at radius 3 is 2.45 bits per heavy atom. The zero-order valence-corrected chi connectivity index (χ0v) is 10.7. The molecule has 2 aromatic carbocycles. The van der Waals surface area contributed by atoms with Crippen molar-refractivity contribution in [2.24, 2.45) is 0 Å². The fourth-order valence-electron chi connectivity index (χ4n) is 2.43. The molecular formula is C15H12O5. The van der Waals surface area contributed by atoms with Crippen LogP contribution in [0, 0.1) is 6.92 Å². The monoisotopic (exact) mass is 272 g/mol. The van der Waals surface area contributed by atoms with Crippen LogP contribution >= 0.6 is 0 Å². The number of fused-ring (bicyclic) bond motifs is 2. The number of benzene rings is 2. The molecule has 0 radical (unpaired) electrons. The summed E-state index contributed by atoms with van der Waals surface area (Å²) in [5, 5.41) is 28.9. The zero-order chi connectivity index (χ0) is 14.4. The number of aryl methyl sites for hydroxylation is 1. The van der Waals surface area contributed by atoms with Crippen molar-refractivity contribution in [2.45, 2.75) is 13.5 Å². The molecule has 0 spiro atoms. The second kappa shape index (κ2) is 4.25. The molecule has 0 aliphatic heterocycles. The van der Waals surface area contributed by atoms with Crippen LogP contribution in [-0.2, 0) is 6.61 Å². The van der Waals surface area contributed by atoms with E-state index >= 15 is 0 Å². The largest absolute Gasteiger partial charge is 0.508 e. The molecule has 102 valence electrons. The molecule has 1 aromatic heterocycles. The van der Waals surface area contributed by atoms with Crippen molar-refractivity contribution in [3.63, 3.8) is 0 Å². The summed E-state index contributed by atoms with van der Waals surface area (Å²) in [6, 6.07) is 5.73. The molecule has 5 nitrogen and oxygen atoms in total. The van der Waals surface area contributed by atoms with E-state index in [-0.39, 0.29) is 34.5 Å². The molecule has 1 heterocycles. The van der Waals surface area contributed by atoms with E-state index in [4.69, 9.17) is 4.42 Å². The predicted molar refractivity (Wildman–Crippen MR) is 74.0 cm³/mol.